The van der Waals surface area contributed by atoms with Crippen LogP contribution in [0.25, 0.3) is 0 Å². The van der Waals surface area contributed by atoms with Gasteiger partial charge in [-0.05, 0) is 55.5 Å². The van der Waals surface area contributed by atoms with Gasteiger partial charge >= 0.3 is 6.18 Å². The molecular weight excluding hydrogens is 444 g/mol. The van der Waals surface area contributed by atoms with E-state index in [2.05, 4.69) is 10.6 Å². The van der Waals surface area contributed by atoms with Crippen molar-refractivity contribution in [2.45, 2.75) is 23.2 Å². The second-order valence-corrected chi connectivity index (χ2v) is 8.17. The van der Waals surface area contributed by atoms with Gasteiger partial charge in [-0.2, -0.15) is 13.2 Å². The minimum Gasteiger partial charge on any atom is -0.325 e. The second kappa shape index (κ2) is 9.86. The molecule has 32 heavy (non-hydrogen) atoms. The molecule has 0 saturated carbocycles. The molecule has 3 aromatic rings. The fraction of sp³-hybridized carbons (Fsp3) is 0.130. The summed E-state index contributed by atoms with van der Waals surface area (Å²) in [6.45, 7) is 1.57. The number of anilines is 2. The van der Waals surface area contributed by atoms with Crippen molar-refractivity contribution in [3.63, 3.8) is 0 Å². The van der Waals surface area contributed by atoms with Crippen molar-refractivity contribution >= 4 is 35.0 Å². The van der Waals surface area contributed by atoms with E-state index in [0.29, 0.717) is 10.6 Å². The maximum Gasteiger partial charge on any atom is 0.418 e. The van der Waals surface area contributed by atoms with Crippen LogP contribution in [0.15, 0.2) is 77.7 Å². The van der Waals surface area contributed by atoms with Crippen molar-refractivity contribution in [1.82, 2.24) is 0 Å². The maximum atomic E-state index is 13.7. The zero-order valence-corrected chi connectivity index (χ0v) is 17.6. The van der Waals surface area contributed by atoms with E-state index in [-0.39, 0.29) is 11.3 Å². The Morgan fingerprint density at radius 3 is 2.16 bits per heavy atom. The number of amides is 2. The monoisotopic (exact) mass is 462 g/mol. The van der Waals surface area contributed by atoms with Crippen LogP contribution in [0.1, 0.15) is 22.8 Å². The molecule has 0 aromatic heterocycles. The Bertz CT molecular complexity index is 1120. The number of para-hydroxylation sites is 1. The average Bonchev–Trinajstić information content (AvgIpc) is 2.75. The van der Waals surface area contributed by atoms with Crippen molar-refractivity contribution in [1.29, 1.82) is 0 Å². The SMILES string of the molecule is CC(Sc1ccc(NC(=O)c2ccccc2F)cc1)C(=O)Nc1ccccc1C(F)(F)F. The summed E-state index contributed by atoms with van der Waals surface area (Å²) in [4.78, 5) is 25.2. The van der Waals surface area contributed by atoms with Crippen LogP contribution in [0.4, 0.5) is 28.9 Å². The fourth-order valence-electron chi connectivity index (χ4n) is 2.79. The highest BCUT2D eigenvalue weighted by Crippen LogP contribution is 2.35. The molecule has 0 spiro atoms. The molecule has 166 valence electrons. The standard InChI is InChI=1S/C23H18F4N2O2S/c1-14(21(30)29-20-9-5-3-7-18(20)23(25,26)27)32-16-12-10-15(11-13-16)28-22(31)17-6-2-4-8-19(17)24/h2-14H,1H3,(H,28,31)(H,29,30). The zero-order chi connectivity index (χ0) is 23.3. The zero-order valence-electron chi connectivity index (χ0n) is 16.7. The molecule has 2 N–H and O–H groups in total. The lowest BCUT2D eigenvalue weighted by Gasteiger charge is -2.16. The minimum absolute atomic E-state index is 0.0876. The fourth-order valence-corrected chi connectivity index (χ4v) is 3.66. The molecule has 0 bridgehead atoms. The first-order valence-electron chi connectivity index (χ1n) is 9.45. The van der Waals surface area contributed by atoms with E-state index in [0.717, 1.165) is 17.8 Å². The highest BCUT2D eigenvalue weighted by molar-refractivity contribution is 8.00. The number of benzene rings is 3. The lowest BCUT2D eigenvalue weighted by atomic mass is 10.1. The molecule has 3 aromatic carbocycles. The summed E-state index contributed by atoms with van der Waals surface area (Å²) in [7, 11) is 0. The molecule has 4 nitrogen and oxygen atoms in total. The number of nitrogens with one attached hydrogen (secondary N) is 2. The third-order valence-electron chi connectivity index (χ3n) is 4.40. The topological polar surface area (TPSA) is 58.2 Å². The summed E-state index contributed by atoms with van der Waals surface area (Å²) in [5.41, 5.74) is -0.877. The Balaban J connectivity index is 1.61. The highest BCUT2D eigenvalue weighted by atomic mass is 32.2. The first-order valence-corrected chi connectivity index (χ1v) is 10.3. The summed E-state index contributed by atoms with van der Waals surface area (Å²) in [5, 5.41) is 4.22. The number of rotatable bonds is 6. The van der Waals surface area contributed by atoms with Crippen LogP contribution in [0.5, 0.6) is 0 Å². The number of hydrogen-bond donors (Lipinski definition) is 2. The van der Waals surface area contributed by atoms with E-state index in [1.165, 1.54) is 36.4 Å². The van der Waals surface area contributed by atoms with Gasteiger partial charge in [-0.3, -0.25) is 9.59 Å². The molecule has 0 radical (unpaired) electrons. The smallest absolute Gasteiger partial charge is 0.325 e. The van der Waals surface area contributed by atoms with Gasteiger partial charge in [-0.25, -0.2) is 4.39 Å². The van der Waals surface area contributed by atoms with Gasteiger partial charge in [-0.15, -0.1) is 11.8 Å². The number of thioether (sulfide) groups is 1. The number of alkyl halides is 3. The quantitative estimate of drug-likeness (QED) is 0.338. The highest BCUT2D eigenvalue weighted by Gasteiger charge is 2.33. The van der Waals surface area contributed by atoms with Gasteiger partial charge in [0.2, 0.25) is 5.91 Å². The number of hydrogen-bond acceptors (Lipinski definition) is 3. The number of carbonyl (C=O) groups is 2. The van der Waals surface area contributed by atoms with Crippen molar-refractivity contribution in [3.05, 3.63) is 89.7 Å². The summed E-state index contributed by atoms with van der Waals surface area (Å²) in [5.74, 6) is -1.81. The molecule has 9 heteroatoms. The van der Waals surface area contributed by atoms with Crippen LogP contribution in [-0.2, 0) is 11.0 Å². The van der Waals surface area contributed by atoms with Crippen LogP contribution < -0.4 is 10.6 Å². The third-order valence-corrected chi connectivity index (χ3v) is 5.52. The lowest BCUT2D eigenvalue weighted by molar-refractivity contribution is -0.137. The van der Waals surface area contributed by atoms with Crippen molar-refractivity contribution in [2.75, 3.05) is 10.6 Å². The molecule has 0 aliphatic heterocycles. The third kappa shape index (κ3) is 5.88. The maximum absolute atomic E-state index is 13.7. The molecule has 2 amide bonds. The molecule has 0 aliphatic carbocycles. The van der Waals surface area contributed by atoms with Gasteiger partial charge in [0, 0.05) is 10.6 Å². The summed E-state index contributed by atoms with van der Waals surface area (Å²) < 4.78 is 53.0. The second-order valence-electron chi connectivity index (χ2n) is 6.75. The Morgan fingerprint density at radius 2 is 1.50 bits per heavy atom. The molecule has 0 fully saturated rings. The normalized spacial score (nSPS) is 12.2. The Morgan fingerprint density at radius 1 is 0.875 bits per heavy atom. The molecule has 0 saturated heterocycles. The van der Waals surface area contributed by atoms with Crippen LogP contribution in [0, 0.1) is 5.82 Å². The number of carbonyl (C=O) groups excluding carboxylic acids is 2. The minimum atomic E-state index is -4.58. The van der Waals surface area contributed by atoms with E-state index < -0.39 is 34.6 Å². The molecule has 0 heterocycles. The van der Waals surface area contributed by atoms with Gasteiger partial charge in [0.15, 0.2) is 0 Å². The van der Waals surface area contributed by atoms with Crippen LogP contribution in [0.2, 0.25) is 0 Å². The van der Waals surface area contributed by atoms with Gasteiger partial charge in [-0.1, -0.05) is 24.3 Å². The Kier molecular flexibility index (Phi) is 7.19. The molecular formula is C23H18F4N2O2S. The molecule has 1 unspecified atom stereocenters. The predicted molar refractivity (Wildman–Crippen MR) is 116 cm³/mol. The largest absolute Gasteiger partial charge is 0.418 e. The van der Waals surface area contributed by atoms with Crippen LogP contribution in [0.3, 0.4) is 0 Å². The first kappa shape index (κ1) is 23.3. The van der Waals surface area contributed by atoms with E-state index in [4.69, 9.17) is 0 Å². The average molecular weight is 462 g/mol. The molecule has 1 atom stereocenters. The van der Waals surface area contributed by atoms with E-state index >= 15 is 0 Å². The molecule has 3 rings (SSSR count). The van der Waals surface area contributed by atoms with Crippen molar-refractivity contribution in [2.24, 2.45) is 0 Å². The number of halogens is 4. The van der Waals surface area contributed by atoms with Crippen LogP contribution >= 0.6 is 11.8 Å². The van der Waals surface area contributed by atoms with E-state index in [1.54, 1.807) is 37.3 Å². The van der Waals surface area contributed by atoms with Crippen LogP contribution in [-0.4, -0.2) is 17.1 Å². The van der Waals surface area contributed by atoms with E-state index in [9.17, 15) is 27.2 Å². The van der Waals surface area contributed by atoms with Gasteiger partial charge in [0.05, 0.1) is 22.1 Å². The van der Waals surface area contributed by atoms with Gasteiger partial charge in [0.1, 0.15) is 5.82 Å². The van der Waals surface area contributed by atoms with Crippen molar-refractivity contribution < 1.29 is 27.2 Å². The van der Waals surface area contributed by atoms with Gasteiger partial charge in [0.25, 0.3) is 5.91 Å². The first-order chi connectivity index (χ1) is 15.1. The Labute approximate surface area is 186 Å². The summed E-state index contributed by atoms with van der Waals surface area (Å²) >= 11 is 1.14. The van der Waals surface area contributed by atoms with Gasteiger partial charge < -0.3 is 10.6 Å². The van der Waals surface area contributed by atoms with E-state index in [1.807, 2.05) is 0 Å². The predicted octanol–water partition coefficient (Wildman–Crippen LogP) is 6.22. The molecule has 0 aliphatic rings. The van der Waals surface area contributed by atoms with Crippen molar-refractivity contribution in [3.8, 4) is 0 Å². The summed E-state index contributed by atoms with van der Waals surface area (Å²) in [6, 6.07) is 16.8. The Hall–Kier alpha value is -3.33. The summed E-state index contributed by atoms with van der Waals surface area (Å²) in [6.07, 6.45) is -4.58. The lowest BCUT2D eigenvalue weighted by Crippen LogP contribution is -2.24.